The lowest BCUT2D eigenvalue weighted by Gasteiger charge is -2.15. The maximum absolute atomic E-state index is 10.9. The minimum Gasteiger partial charge on any atom is -0.361 e. The summed E-state index contributed by atoms with van der Waals surface area (Å²) in [6.07, 6.45) is 0.951. The molecule has 9 heavy (non-hydrogen) atoms. The smallest absolute Gasteiger partial charge is 0.164 e. The third kappa shape index (κ3) is 0.568. The topological polar surface area (TPSA) is 29.6 Å². The first-order chi connectivity index (χ1) is 4.11. The van der Waals surface area contributed by atoms with Crippen LogP contribution in [0.4, 0.5) is 0 Å². The number of epoxide rings is 1. The van der Waals surface area contributed by atoms with Gasteiger partial charge in [-0.25, -0.2) is 0 Å². The van der Waals surface area contributed by atoms with E-state index in [9.17, 15) is 4.79 Å². The quantitative estimate of drug-likeness (QED) is 0.448. The van der Waals surface area contributed by atoms with Crippen LogP contribution in [0.3, 0.4) is 0 Å². The van der Waals surface area contributed by atoms with Crippen LogP contribution in [0.25, 0.3) is 0 Å². The van der Waals surface area contributed by atoms with Crippen LogP contribution in [0.5, 0.6) is 0 Å². The Bertz CT molecular complexity index is 172. The summed E-state index contributed by atoms with van der Waals surface area (Å²) in [5.41, 5.74) is 0.127. The number of hydrogen-bond donors (Lipinski definition) is 0. The molecule has 1 aliphatic heterocycles. The molecule has 2 heteroatoms. The molecule has 1 saturated carbocycles. The number of Topliss-reactive ketones (excluding diaryl/α,β-unsaturated/α-hetero) is 1. The molecular formula is C7H10O2. The number of rotatable bonds is 0. The predicted molar refractivity (Wildman–Crippen MR) is 32.1 cm³/mol. The van der Waals surface area contributed by atoms with Crippen LogP contribution in [-0.2, 0) is 9.53 Å². The first-order valence-corrected chi connectivity index (χ1v) is 3.29. The summed E-state index contributed by atoms with van der Waals surface area (Å²) in [6, 6.07) is 0. The Kier molecular flexibility index (Phi) is 0.730. The summed E-state index contributed by atoms with van der Waals surface area (Å²) in [6.45, 7) is 4.17. The highest BCUT2D eigenvalue weighted by atomic mass is 16.6. The molecule has 0 spiro atoms. The Hall–Kier alpha value is -0.370. The molecule has 0 aromatic heterocycles. The van der Waals surface area contributed by atoms with Gasteiger partial charge in [0.2, 0.25) is 0 Å². The molecule has 2 fully saturated rings. The molecule has 1 saturated heterocycles. The van der Waals surface area contributed by atoms with E-state index in [-0.39, 0.29) is 17.6 Å². The van der Waals surface area contributed by atoms with E-state index in [1.54, 1.807) is 0 Å². The van der Waals surface area contributed by atoms with Gasteiger partial charge < -0.3 is 4.74 Å². The summed E-state index contributed by atoms with van der Waals surface area (Å²) < 4.78 is 5.13. The van der Waals surface area contributed by atoms with Crippen molar-refractivity contribution in [3.63, 3.8) is 0 Å². The van der Waals surface area contributed by atoms with Crippen LogP contribution in [-0.4, -0.2) is 18.0 Å². The molecule has 2 nitrogen and oxygen atoms in total. The van der Waals surface area contributed by atoms with Crippen LogP contribution in [0.2, 0.25) is 0 Å². The van der Waals surface area contributed by atoms with Gasteiger partial charge in [0, 0.05) is 11.8 Å². The third-order valence-electron chi connectivity index (χ3n) is 2.21. The Morgan fingerprint density at radius 1 is 1.67 bits per heavy atom. The molecular weight excluding hydrogens is 116 g/mol. The van der Waals surface area contributed by atoms with Gasteiger partial charge in [0.1, 0.15) is 6.10 Å². The fourth-order valence-electron chi connectivity index (χ4n) is 1.60. The maximum atomic E-state index is 10.9. The first-order valence-electron chi connectivity index (χ1n) is 3.29. The average molecular weight is 126 g/mol. The molecule has 50 valence electrons. The van der Waals surface area contributed by atoms with E-state index in [1.807, 2.05) is 0 Å². The van der Waals surface area contributed by atoms with Crippen LogP contribution >= 0.6 is 0 Å². The van der Waals surface area contributed by atoms with E-state index in [0.717, 1.165) is 0 Å². The molecule has 2 unspecified atom stereocenters. The van der Waals surface area contributed by atoms with Crippen molar-refractivity contribution >= 4 is 5.78 Å². The number of ether oxygens (including phenoxy) is 1. The van der Waals surface area contributed by atoms with Crippen LogP contribution in [0.15, 0.2) is 0 Å². The average Bonchev–Trinajstić information content (AvgIpc) is 2.33. The normalized spacial score (nSPS) is 44.9. The zero-order chi connectivity index (χ0) is 6.65. The summed E-state index contributed by atoms with van der Waals surface area (Å²) in [7, 11) is 0. The van der Waals surface area contributed by atoms with Crippen molar-refractivity contribution in [3.05, 3.63) is 0 Å². The van der Waals surface area contributed by atoms with Gasteiger partial charge in [0.05, 0.1) is 6.10 Å². The van der Waals surface area contributed by atoms with Crippen molar-refractivity contribution < 1.29 is 9.53 Å². The van der Waals surface area contributed by atoms with E-state index in [2.05, 4.69) is 13.8 Å². The van der Waals surface area contributed by atoms with Gasteiger partial charge in [-0.15, -0.1) is 0 Å². The largest absolute Gasteiger partial charge is 0.361 e. The second-order valence-corrected chi connectivity index (χ2v) is 3.61. The van der Waals surface area contributed by atoms with Crippen molar-refractivity contribution in [1.29, 1.82) is 0 Å². The molecule has 0 aromatic rings. The molecule has 0 bridgehead atoms. The van der Waals surface area contributed by atoms with Crippen molar-refractivity contribution in [1.82, 2.24) is 0 Å². The molecule has 1 aliphatic carbocycles. The number of carbonyl (C=O) groups is 1. The van der Waals surface area contributed by atoms with Crippen molar-refractivity contribution in [2.24, 2.45) is 5.41 Å². The highest BCUT2D eigenvalue weighted by Gasteiger charge is 2.60. The summed E-state index contributed by atoms with van der Waals surface area (Å²) in [5.74, 6) is 0.296. The van der Waals surface area contributed by atoms with Gasteiger partial charge in [-0.05, 0) is 0 Å². The monoisotopic (exact) mass is 126 g/mol. The molecule has 0 N–H and O–H groups in total. The third-order valence-corrected chi connectivity index (χ3v) is 2.21. The highest BCUT2D eigenvalue weighted by Crippen LogP contribution is 2.48. The van der Waals surface area contributed by atoms with E-state index in [1.165, 1.54) is 0 Å². The fourth-order valence-corrected chi connectivity index (χ4v) is 1.60. The second-order valence-electron chi connectivity index (χ2n) is 3.61. The van der Waals surface area contributed by atoms with Gasteiger partial charge in [-0.1, -0.05) is 13.8 Å². The zero-order valence-corrected chi connectivity index (χ0v) is 5.68. The second kappa shape index (κ2) is 1.21. The van der Waals surface area contributed by atoms with E-state index in [0.29, 0.717) is 12.2 Å². The van der Waals surface area contributed by atoms with E-state index < -0.39 is 0 Å². The highest BCUT2D eigenvalue weighted by molar-refractivity contribution is 5.89. The molecule has 1 heterocycles. The minimum absolute atomic E-state index is 0.0139. The number of carbonyl (C=O) groups excluding carboxylic acids is 1. The molecule has 2 rings (SSSR count). The van der Waals surface area contributed by atoms with Gasteiger partial charge in [-0.2, -0.15) is 0 Å². The van der Waals surface area contributed by atoms with Crippen LogP contribution < -0.4 is 0 Å². The lowest BCUT2D eigenvalue weighted by atomic mass is 9.91. The lowest BCUT2D eigenvalue weighted by molar-refractivity contribution is -0.121. The standard InChI is InChI=1S/C7H10O2/c1-7(2)3-4(8)5-6(7)9-5/h5-6H,3H2,1-2H3. The first kappa shape index (κ1) is 5.42. The predicted octanol–water partition coefficient (Wildman–Crippen LogP) is 0.753. The minimum atomic E-state index is -0.0139. The summed E-state index contributed by atoms with van der Waals surface area (Å²) in [5, 5.41) is 0. The molecule has 0 radical (unpaired) electrons. The van der Waals surface area contributed by atoms with Gasteiger partial charge >= 0.3 is 0 Å². The number of ketones is 1. The number of hydrogen-bond acceptors (Lipinski definition) is 2. The zero-order valence-electron chi connectivity index (χ0n) is 5.68. The van der Waals surface area contributed by atoms with E-state index in [4.69, 9.17) is 4.74 Å². The number of fused-ring (bicyclic) bond motifs is 1. The Morgan fingerprint density at radius 2 is 2.33 bits per heavy atom. The fraction of sp³-hybridized carbons (Fsp3) is 0.857. The van der Waals surface area contributed by atoms with Crippen LogP contribution in [0, 0.1) is 5.41 Å². The molecule has 2 atom stereocenters. The SMILES string of the molecule is CC1(C)CC(=O)C2OC21. The lowest BCUT2D eigenvalue weighted by Crippen LogP contribution is -2.15. The maximum Gasteiger partial charge on any atom is 0.164 e. The van der Waals surface area contributed by atoms with Crippen molar-refractivity contribution in [2.45, 2.75) is 32.5 Å². The van der Waals surface area contributed by atoms with Gasteiger partial charge in [0.15, 0.2) is 5.78 Å². The Morgan fingerprint density at radius 3 is 2.44 bits per heavy atom. The molecule has 0 aromatic carbocycles. The van der Waals surface area contributed by atoms with Gasteiger partial charge in [-0.3, -0.25) is 4.79 Å². The summed E-state index contributed by atoms with van der Waals surface area (Å²) in [4.78, 5) is 10.9. The van der Waals surface area contributed by atoms with Crippen molar-refractivity contribution in [2.75, 3.05) is 0 Å². The van der Waals surface area contributed by atoms with Gasteiger partial charge in [0.25, 0.3) is 0 Å². The van der Waals surface area contributed by atoms with Crippen molar-refractivity contribution in [3.8, 4) is 0 Å². The Balaban J connectivity index is 2.26. The summed E-state index contributed by atoms with van der Waals surface area (Å²) >= 11 is 0. The van der Waals surface area contributed by atoms with Crippen LogP contribution in [0.1, 0.15) is 20.3 Å². The van der Waals surface area contributed by atoms with E-state index >= 15 is 0 Å². The molecule has 2 aliphatic rings. The Labute approximate surface area is 54.2 Å². The molecule has 0 amide bonds.